The molecule has 0 amide bonds. The summed E-state index contributed by atoms with van der Waals surface area (Å²) in [5.41, 5.74) is 8.16. The molecular formula is C15H23ClN2. The van der Waals surface area contributed by atoms with Crippen LogP contribution in [0.2, 0.25) is 5.02 Å². The number of anilines is 1. The number of nitrogens with two attached hydrogens (primary N) is 1. The molecule has 1 atom stereocenters. The molecule has 1 fully saturated rings. The SMILES string of the molecule is CC(C)(C)C1CCN(Cc2cc(N)ccc2Cl)C1. The van der Waals surface area contributed by atoms with Crippen LogP contribution in [-0.2, 0) is 6.54 Å². The summed E-state index contributed by atoms with van der Waals surface area (Å²) in [6.07, 6.45) is 1.28. The third kappa shape index (κ3) is 3.18. The van der Waals surface area contributed by atoms with E-state index in [2.05, 4.69) is 25.7 Å². The Morgan fingerprint density at radius 3 is 2.72 bits per heavy atom. The van der Waals surface area contributed by atoms with Gasteiger partial charge in [0.25, 0.3) is 0 Å². The minimum absolute atomic E-state index is 0.397. The molecule has 18 heavy (non-hydrogen) atoms. The molecule has 1 aromatic rings. The first-order valence-corrected chi connectivity index (χ1v) is 7.00. The van der Waals surface area contributed by atoms with E-state index in [9.17, 15) is 0 Å². The third-order valence-corrected chi connectivity index (χ3v) is 4.33. The lowest BCUT2D eigenvalue weighted by Crippen LogP contribution is -2.25. The molecule has 0 spiro atoms. The zero-order valence-corrected chi connectivity index (χ0v) is 12.3. The number of hydrogen-bond acceptors (Lipinski definition) is 2. The van der Waals surface area contributed by atoms with Crippen LogP contribution in [0, 0.1) is 11.3 Å². The number of rotatable bonds is 2. The maximum absolute atomic E-state index is 6.22. The minimum atomic E-state index is 0.397. The van der Waals surface area contributed by atoms with Crippen LogP contribution in [0.5, 0.6) is 0 Å². The van der Waals surface area contributed by atoms with Crippen molar-refractivity contribution in [1.29, 1.82) is 0 Å². The van der Waals surface area contributed by atoms with E-state index in [-0.39, 0.29) is 0 Å². The molecule has 3 heteroatoms. The fraction of sp³-hybridized carbons (Fsp3) is 0.600. The van der Waals surface area contributed by atoms with E-state index in [0.29, 0.717) is 5.41 Å². The Hall–Kier alpha value is -0.730. The highest BCUT2D eigenvalue weighted by Crippen LogP contribution is 2.34. The van der Waals surface area contributed by atoms with Gasteiger partial charge in [-0.05, 0) is 48.1 Å². The molecule has 1 aliphatic heterocycles. The zero-order valence-electron chi connectivity index (χ0n) is 11.5. The molecule has 1 saturated heterocycles. The zero-order chi connectivity index (χ0) is 13.3. The van der Waals surface area contributed by atoms with Crippen LogP contribution in [0.1, 0.15) is 32.8 Å². The van der Waals surface area contributed by atoms with Crippen molar-refractivity contribution in [1.82, 2.24) is 4.90 Å². The van der Waals surface area contributed by atoms with E-state index in [4.69, 9.17) is 17.3 Å². The first-order valence-electron chi connectivity index (χ1n) is 6.62. The standard InChI is InChI=1S/C15H23ClN2/c1-15(2,3)12-6-7-18(10-12)9-11-8-13(17)4-5-14(11)16/h4-5,8,12H,6-7,9-10,17H2,1-3H3. The lowest BCUT2D eigenvalue weighted by atomic mass is 9.80. The lowest BCUT2D eigenvalue weighted by molar-refractivity contribution is 0.226. The first kappa shape index (κ1) is 13.7. The van der Waals surface area contributed by atoms with Gasteiger partial charge in [0.1, 0.15) is 0 Å². The highest BCUT2D eigenvalue weighted by molar-refractivity contribution is 6.31. The number of hydrogen-bond donors (Lipinski definition) is 1. The van der Waals surface area contributed by atoms with Crippen LogP contribution < -0.4 is 5.73 Å². The van der Waals surface area contributed by atoms with Gasteiger partial charge in [-0.2, -0.15) is 0 Å². The minimum Gasteiger partial charge on any atom is -0.399 e. The fourth-order valence-corrected chi connectivity index (χ4v) is 2.82. The van der Waals surface area contributed by atoms with Crippen molar-refractivity contribution in [3.63, 3.8) is 0 Å². The van der Waals surface area contributed by atoms with E-state index in [0.717, 1.165) is 41.8 Å². The molecule has 0 bridgehead atoms. The molecule has 1 aliphatic rings. The van der Waals surface area contributed by atoms with Crippen LogP contribution in [-0.4, -0.2) is 18.0 Å². The van der Waals surface area contributed by atoms with E-state index in [1.165, 1.54) is 6.42 Å². The highest BCUT2D eigenvalue weighted by atomic mass is 35.5. The molecule has 0 radical (unpaired) electrons. The molecule has 0 aromatic heterocycles. The van der Waals surface area contributed by atoms with Gasteiger partial charge in [-0.3, -0.25) is 4.90 Å². The van der Waals surface area contributed by atoms with Crippen molar-refractivity contribution in [2.24, 2.45) is 11.3 Å². The van der Waals surface area contributed by atoms with Gasteiger partial charge >= 0.3 is 0 Å². The van der Waals surface area contributed by atoms with Crippen molar-refractivity contribution in [2.45, 2.75) is 33.7 Å². The van der Waals surface area contributed by atoms with Gasteiger partial charge in [0.2, 0.25) is 0 Å². The van der Waals surface area contributed by atoms with E-state index in [1.807, 2.05) is 18.2 Å². The number of nitrogens with zero attached hydrogens (tertiary/aromatic N) is 1. The van der Waals surface area contributed by atoms with Gasteiger partial charge < -0.3 is 5.73 Å². The Morgan fingerprint density at radius 2 is 2.11 bits per heavy atom. The fourth-order valence-electron chi connectivity index (χ4n) is 2.64. The highest BCUT2D eigenvalue weighted by Gasteiger charge is 2.31. The van der Waals surface area contributed by atoms with Gasteiger partial charge in [-0.25, -0.2) is 0 Å². The number of benzene rings is 1. The van der Waals surface area contributed by atoms with Gasteiger partial charge in [-0.1, -0.05) is 32.4 Å². The maximum atomic E-state index is 6.22. The van der Waals surface area contributed by atoms with Crippen molar-refractivity contribution in [2.75, 3.05) is 18.8 Å². The van der Waals surface area contributed by atoms with Crippen LogP contribution in [0.25, 0.3) is 0 Å². The second kappa shape index (κ2) is 5.10. The molecule has 100 valence electrons. The smallest absolute Gasteiger partial charge is 0.0452 e. The summed E-state index contributed by atoms with van der Waals surface area (Å²) in [5.74, 6) is 0.775. The van der Waals surface area contributed by atoms with Crippen molar-refractivity contribution in [3.05, 3.63) is 28.8 Å². The van der Waals surface area contributed by atoms with Gasteiger partial charge in [0, 0.05) is 23.8 Å². The average Bonchev–Trinajstić information content (AvgIpc) is 2.71. The van der Waals surface area contributed by atoms with Gasteiger partial charge in [0.15, 0.2) is 0 Å². The normalized spacial score (nSPS) is 21.4. The Balaban J connectivity index is 2.01. The molecule has 0 aliphatic carbocycles. The largest absolute Gasteiger partial charge is 0.399 e. The summed E-state index contributed by atoms with van der Waals surface area (Å²) in [4.78, 5) is 2.48. The van der Waals surface area contributed by atoms with Crippen LogP contribution >= 0.6 is 11.6 Å². The summed E-state index contributed by atoms with van der Waals surface area (Å²) in [7, 11) is 0. The second-order valence-electron chi connectivity index (χ2n) is 6.44. The molecule has 1 aromatic carbocycles. The first-order chi connectivity index (χ1) is 8.36. The topological polar surface area (TPSA) is 29.3 Å². The molecule has 0 saturated carbocycles. The average molecular weight is 267 g/mol. The molecular weight excluding hydrogens is 244 g/mol. The molecule has 1 heterocycles. The van der Waals surface area contributed by atoms with Crippen molar-refractivity contribution < 1.29 is 0 Å². The maximum Gasteiger partial charge on any atom is 0.0452 e. The summed E-state index contributed by atoms with van der Waals surface area (Å²) >= 11 is 6.22. The van der Waals surface area contributed by atoms with E-state index < -0.39 is 0 Å². The third-order valence-electron chi connectivity index (χ3n) is 3.96. The Kier molecular flexibility index (Phi) is 3.88. The van der Waals surface area contributed by atoms with Crippen molar-refractivity contribution in [3.8, 4) is 0 Å². The summed E-state index contributed by atoms with van der Waals surface area (Å²) in [5, 5.41) is 0.823. The second-order valence-corrected chi connectivity index (χ2v) is 6.84. The number of likely N-dealkylation sites (tertiary alicyclic amines) is 1. The van der Waals surface area contributed by atoms with Gasteiger partial charge in [-0.15, -0.1) is 0 Å². The quantitative estimate of drug-likeness (QED) is 0.826. The molecule has 1 unspecified atom stereocenters. The van der Waals surface area contributed by atoms with Crippen LogP contribution in [0.3, 0.4) is 0 Å². The number of nitrogen functional groups attached to an aromatic ring is 1. The van der Waals surface area contributed by atoms with Gasteiger partial charge in [0.05, 0.1) is 0 Å². The van der Waals surface area contributed by atoms with Crippen LogP contribution in [0.4, 0.5) is 5.69 Å². The monoisotopic (exact) mass is 266 g/mol. The lowest BCUT2D eigenvalue weighted by Gasteiger charge is -2.27. The van der Waals surface area contributed by atoms with E-state index in [1.54, 1.807) is 0 Å². The van der Waals surface area contributed by atoms with Crippen molar-refractivity contribution >= 4 is 17.3 Å². The summed E-state index contributed by atoms with van der Waals surface area (Å²) in [6, 6.07) is 5.74. The predicted octanol–water partition coefficient (Wildman–Crippen LogP) is 3.79. The summed E-state index contributed by atoms with van der Waals surface area (Å²) in [6.45, 7) is 10.2. The van der Waals surface area contributed by atoms with Crippen LogP contribution in [0.15, 0.2) is 18.2 Å². The summed E-state index contributed by atoms with van der Waals surface area (Å²) < 4.78 is 0. The Bertz CT molecular complexity index is 423. The molecule has 2 rings (SSSR count). The number of halogens is 1. The van der Waals surface area contributed by atoms with E-state index >= 15 is 0 Å². The molecule has 2 N–H and O–H groups in total. The Labute approximate surface area is 115 Å². The molecule has 2 nitrogen and oxygen atoms in total. The Morgan fingerprint density at radius 1 is 1.39 bits per heavy atom. The predicted molar refractivity (Wildman–Crippen MR) is 78.7 cm³/mol.